The molecule has 0 unspecified atom stereocenters. The van der Waals surface area contributed by atoms with Crippen molar-refractivity contribution in [1.82, 2.24) is 24.8 Å². The predicted octanol–water partition coefficient (Wildman–Crippen LogP) is 3.24. The molecule has 7 heteroatoms. The van der Waals surface area contributed by atoms with Crippen molar-refractivity contribution in [2.45, 2.75) is 44.3 Å². The van der Waals surface area contributed by atoms with Crippen LogP contribution in [0.5, 0.6) is 0 Å². The Bertz CT molecular complexity index is 1070. The predicted molar refractivity (Wildman–Crippen MR) is 113 cm³/mol. The molecule has 2 aliphatic heterocycles. The largest absolute Gasteiger partial charge is 0.333 e. The van der Waals surface area contributed by atoms with Crippen molar-refractivity contribution in [2.75, 3.05) is 18.2 Å². The van der Waals surface area contributed by atoms with E-state index in [1.54, 1.807) is 0 Å². The van der Waals surface area contributed by atoms with Gasteiger partial charge in [0, 0.05) is 18.9 Å². The molecule has 3 aromatic rings. The number of imidazole rings is 1. The highest BCUT2D eigenvalue weighted by molar-refractivity contribution is 5.99. The number of aliphatic imine (C=N–C) groups is 1. The Morgan fingerprint density at radius 3 is 2.79 bits per heavy atom. The molecule has 0 saturated heterocycles. The van der Waals surface area contributed by atoms with Gasteiger partial charge in [-0.25, -0.2) is 9.98 Å². The topological polar surface area (TPSA) is 61.6 Å². The van der Waals surface area contributed by atoms with Gasteiger partial charge in [0.1, 0.15) is 5.66 Å². The minimum Gasteiger partial charge on any atom is -0.333 e. The Kier molecular flexibility index (Phi) is 3.84. The molecule has 1 aliphatic carbocycles. The molecule has 0 radical (unpaired) electrons. The van der Waals surface area contributed by atoms with E-state index in [1.807, 2.05) is 18.5 Å². The van der Waals surface area contributed by atoms with E-state index < -0.39 is 0 Å². The van der Waals surface area contributed by atoms with Crippen LogP contribution in [0.2, 0.25) is 0 Å². The van der Waals surface area contributed by atoms with Gasteiger partial charge >= 0.3 is 0 Å². The summed E-state index contributed by atoms with van der Waals surface area (Å²) in [6.45, 7) is 2.27. The maximum atomic E-state index is 5.06. The third-order valence-corrected chi connectivity index (χ3v) is 6.38. The lowest BCUT2D eigenvalue weighted by molar-refractivity contribution is 0.162. The molecule has 7 nitrogen and oxygen atoms in total. The van der Waals surface area contributed by atoms with Crippen molar-refractivity contribution in [3.63, 3.8) is 0 Å². The third-order valence-electron chi connectivity index (χ3n) is 6.38. The third kappa shape index (κ3) is 2.72. The van der Waals surface area contributed by atoms with Crippen molar-refractivity contribution in [3.8, 4) is 0 Å². The zero-order valence-electron chi connectivity index (χ0n) is 16.5. The van der Waals surface area contributed by atoms with E-state index in [0.29, 0.717) is 6.67 Å². The van der Waals surface area contributed by atoms with Gasteiger partial charge in [-0.2, -0.15) is 0 Å². The van der Waals surface area contributed by atoms with Crippen LogP contribution >= 0.6 is 0 Å². The van der Waals surface area contributed by atoms with E-state index >= 15 is 0 Å². The number of pyridine rings is 1. The SMILES string of the molecule is c1cncc(CN2CN=C3NC4(CCCCC4)n4c(nc5ccccc54)N3C2)c1. The first-order valence-corrected chi connectivity index (χ1v) is 10.5. The van der Waals surface area contributed by atoms with Crippen LogP contribution in [0.15, 0.2) is 53.8 Å². The van der Waals surface area contributed by atoms with Crippen LogP contribution < -0.4 is 10.2 Å². The van der Waals surface area contributed by atoms with E-state index in [1.165, 1.54) is 30.3 Å². The van der Waals surface area contributed by atoms with Crippen molar-refractivity contribution in [2.24, 2.45) is 4.99 Å². The number of nitrogens with one attached hydrogen (secondary N) is 1. The van der Waals surface area contributed by atoms with Gasteiger partial charge in [-0.05, 0) is 49.4 Å². The lowest BCUT2D eigenvalue weighted by atomic mass is 9.88. The fourth-order valence-corrected chi connectivity index (χ4v) is 5.04. The Balaban J connectivity index is 1.42. The standard InChI is InChI=1S/C22H25N7/c1-4-10-22(11-5-1)26-20-24-15-27(14-17-7-6-12-23-13-17)16-28(20)21-25-18-8-2-3-9-19(18)29(21)22/h2-3,6-9,12-13H,1,4-5,10-11,14-16H2,(H,24,26). The summed E-state index contributed by atoms with van der Waals surface area (Å²) in [4.78, 5) is 18.8. The molecular formula is C22H25N7. The maximum absolute atomic E-state index is 5.06. The fourth-order valence-electron chi connectivity index (χ4n) is 5.04. The zero-order chi connectivity index (χ0) is 19.3. The molecule has 1 saturated carbocycles. The van der Waals surface area contributed by atoms with Crippen LogP contribution in [0.3, 0.4) is 0 Å². The highest BCUT2D eigenvalue weighted by Crippen LogP contribution is 2.41. The van der Waals surface area contributed by atoms with E-state index in [2.05, 4.69) is 55.0 Å². The van der Waals surface area contributed by atoms with E-state index in [-0.39, 0.29) is 5.66 Å². The zero-order valence-corrected chi connectivity index (χ0v) is 16.5. The van der Waals surface area contributed by atoms with Gasteiger partial charge in [0.15, 0.2) is 0 Å². The number of para-hydroxylation sites is 2. The molecule has 1 aromatic carbocycles. The number of aromatic nitrogens is 3. The number of hydrogen-bond acceptors (Lipinski definition) is 6. The summed E-state index contributed by atoms with van der Waals surface area (Å²) >= 11 is 0. The Morgan fingerprint density at radius 2 is 1.93 bits per heavy atom. The van der Waals surface area contributed by atoms with Crippen LogP contribution in [0.25, 0.3) is 11.0 Å². The van der Waals surface area contributed by atoms with E-state index in [0.717, 1.165) is 43.5 Å². The van der Waals surface area contributed by atoms with Crippen molar-refractivity contribution < 1.29 is 0 Å². The Morgan fingerprint density at radius 1 is 1.03 bits per heavy atom. The van der Waals surface area contributed by atoms with Gasteiger partial charge in [0.25, 0.3) is 0 Å². The average molecular weight is 387 g/mol. The normalized spacial score (nSPS) is 20.8. The maximum Gasteiger partial charge on any atom is 0.216 e. The summed E-state index contributed by atoms with van der Waals surface area (Å²) in [5, 5.41) is 3.85. The van der Waals surface area contributed by atoms with Gasteiger partial charge in [-0.3, -0.25) is 19.4 Å². The summed E-state index contributed by atoms with van der Waals surface area (Å²) < 4.78 is 2.45. The van der Waals surface area contributed by atoms with Crippen LogP contribution in [0.4, 0.5) is 5.95 Å². The summed E-state index contributed by atoms with van der Waals surface area (Å²) in [6, 6.07) is 12.6. The van der Waals surface area contributed by atoms with Crippen molar-refractivity contribution in [3.05, 3.63) is 54.4 Å². The smallest absolute Gasteiger partial charge is 0.216 e. The molecule has 1 N–H and O–H groups in total. The molecule has 2 aromatic heterocycles. The number of benzene rings is 1. The Hall–Kier alpha value is -2.93. The van der Waals surface area contributed by atoms with Gasteiger partial charge in [-0.1, -0.05) is 24.6 Å². The minimum absolute atomic E-state index is 0.107. The van der Waals surface area contributed by atoms with Gasteiger partial charge in [0.05, 0.1) is 24.4 Å². The van der Waals surface area contributed by atoms with E-state index in [9.17, 15) is 0 Å². The van der Waals surface area contributed by atoms with Crippen LogP contribution in [0.1, 0.15) is 37.7 Å². The second kappa shape index (κ2) is 6.56. The number of rotatable bonds is 2. The number of hydrogen-bond donors (Lipinski definition) is 1. The number of nitrogens with zero attached hydrogens (tertiary/aromatic N) is 6. The molecule has 0 bridgehead atoms. The first-order valence-electron chi connectivity index (χ1n) is 10.5. The summed E-state index contributed by atoms with van der Waals surface area (Å²) in [7, 11) is 0. The Labute approximate surface area is 170 Å². The quantitative estimate of drug-likeness (QED) is 0.731. The van der Waals surface area contributed by atoms with Gasteiger partial charge in [0.2, 0.25) is 11.9 Å². The second-order valence-corrected chi connectivity index (χ2v) is 8.34. The molecule has 1 spiro atoms. The van der Waals surface area contributed by atoms with Crippen molar-refractivity contribution in [1.29, 1.82) is 0 Å². The molecular weight excluding hydrogens is 362 g/mol. The van der Waals surface area contributed by atoms with Gasteiger partial charge < -0.3 is 5.32 Å². The summed E-state index contributed by atoms with van der Waals surface area (Å²) in [5.41, 5.74) is 3.36. The second-order valence-electron chi connectivity index (χ2n) is 8.34. The minimum atomic E-state index is -0.107. The summed E-state index contributed by atoms with van der Waals surface area (Å²) in [6.07, 6.45) is 9.76. The highest BCUT2D eigenvalue weighted by Gasteiger charge is 2.45. The molecule has 29 heavy (non-hydrogen) atoms. The number of guanidine groups is 1. The highest BCUT2D eigenvalue weighted by atomic mass is 15.6. The average Bonchev–Trinajstić information content (AvgIpc) is 3.17. The first kappa shape index (κ1) is 17.0. The molecule has 1 fully saturated rings. The lowest BCUT2D eigenvalue weighted by Crippen LogP contribution is -2.64. The molecule has 6 rings (SSSR count). The number of fused-ring (bicyclic) bond motifs is 6. The monoisotopic (exact) mass is 387 g/mol. The molecule has 148 valence electrons. The van der Waals surface area contributed by atoms with Crippen molar-refractivity contribution >= 4 is 22.9 Å². The first-order chi connectivity index (χ1) is 14.3. The molecule has 0 amide bonds. The molecule has 4 heterocycles. The van der Waals surface area contributed by atoms with Crippen LogP contribution in [-0.2, 0) is 12.2 Å². The van der Waals surface area contributed by atoms with Crippen LogP contribution in [-0.4, -0.2) is 38.7 Å². The van der Waals surface area contributed by atoms with Gasteiger partial charge in [-0.15, -0.1) is 0 Å². The number of anilines is 1. The fraction of sp³-hybridized carbons (Fsp3) is 0.409. The molecule has 3 aliphatic rings. The van der Waals surface area contributed by atoms with E-state index in [4.69, 9.17) is 9.98 Å². The van der Waals surface area contributed by atoms with Crippen LogP contribution in [0, 0.1) is 0 Å². The lowest BCUT2D eigenvalue weighted by Gasteiger charge is -2.49. The molecule has 0 atom stereocenters. The summed E-state index contributed by atoms with van der Waals surface area (Å²) in [5.74, 6) is 1.98.